The minimum absolute atomic E-state index is 0.116. The van der Waals surface area contributed by atoms with Crippen LogP contribution in [0, 0.1) is 0 Å². The van der Waals surface area contributed by atoms with Gasteiger partial charge >= 0.3 is 0 Å². The van der Waals surface area contributed by atoms with Crippen molar-refractivity contribution >= 4 is 8.32 Å². The number of hydrogen-bond acceptors (Lipinski definition) is 2. The van der Waals surface area contributed by atoms with Crippen LogP contribution in [0.15, 0.2) is 103 Å². The van der Waals surface area contributed by atoms with Crippen LogP contribution in [-0.2, 0) is 5.54 Å². The molecule has 0 aliphatic carbocycles. The highest BCUT2D eigenvalue weighted by Gasteiger charge is 2.41. The first-order valence-electron chi connectivity index (χ1n) is 11.2. The number of nitrogens with zero attached hydrogens (tertiary/aromatic N) is 2. The molecule has 4 aromatic rings. The fourth-order valence-corrected chi connectivity index (χ4v) is 4.93. The molecule has 0 aliphatic rings. The van der Waals surface area contributed by atoms with E-state index in [4.69, 9.17) is 9.52 Å². The Balaban J connectivity index is 1.95. The van der Waals surface area contributed by atoms with Gasteiger partial charge in [-0.15, -0.1) is 0 Å². The normalized spacial score (nSPS) is 12.5. The molecule has 3 nitrogen and oxygen atoms in total. The molecule has 0 saturated heterocycles. The molecule has 0 atom stereocenters. The maximum Gasteiger partial charge on any atom is 0.250 e. The van der Waals surface area contributed by atoms with E-state index in [-0.39, 0.29) is 5.04 Å². The summed E-state index contributed by atoms with van der Waals surface area (Å²) in [5.74, 6) is 0.823. The first-order chi connectivity index (χ1) is 15.2. The highest BCUT2D eigenvalue weighted by Crippen LogP contribution is 2.42. The van der Waals surface area contributed by atoms with Crippen molar-refractivity contribution in [1.29, 1.82) is 0 Å². The number of benzene rings is 3. The molecule has 0 aliphatic heterocycles. The predicted octanol–water partition coefficient (Wildman–Crippen LogP) is 7.11. The molecule has 0 radical (unpaired) electrons. The van der Waals surface area contributed by atoms with Crippen LogP contribution < -0.4 is 4.43 Å². The largest absolute Gasteiger partial charge is 0.541 e. The van der Waals surface area contributed by atoms with Gasteiger partial charge in [-0.3, -0.25) is 0 Å². The number of aromatic nitrogens is 2. The Labute approximate surface area is 192 Å². The van der Waals surface area contributed by atoms with Crippen molar-refractivity contribution in [3.05, 3.63) is 120 Å². The van der Waals surface area contributed by atoms with E-state index in [1.807, 2.05) is 6.20 Å². The summed E-state index contributed by atoms with van der Waals surface area (Å²) in [7, 11) is -1.98. The van der Waals surface area contributed by atoms with E-state index in [0.29, 0.717) is 0 Å². The van der Waals surface area contributed by atoms with Crippen LogP contribution in [0.1, 0.15) is 37.5 Å². The maximum atomic E-state index is 6.61. The molecule has 3 aromatic carbocycles. The first-order valence-corrected chi connectivity index (χ1v) is 14.1. The molecule has 1 aromatic heterocycles. The standard InChI is InChI=1S/C28H32N2OSi/c1-27(2,3)32(4,5)31-26-21-29-30(22-26)28(23-15-9-6-10-16-23,24-17-11-7-12-18-24)25-19-13-8-14-20-25/h6-22H,1-5H3. The van der Waals surface area contributed by atoms with Gasteiger partial charge in [0.05, 0.1) is 12.4 Å². The SMILES string of the molecule is CC(C)(C)[Si](C)(C)Oc1cnn(C(c2ccccc2)(c2ccccc2)c2ccccc2)c1. The minimum atomic E-state index is -1.98. The van der Waals surface area contributed by atoms with E-state index in [1.165, 1.54) is 0 Å². The second-order valence-electron chi connectivity index (χ2n) is 9.79. The molecule has 1 heterocycles. The van der Waals surface area contributed by atoms with Crippen molar-refractivity contribution in [3.8, 4) is 5.75 Å². The van der Waals surface area contributed by atoms with Crippen molar-refractivity contribution in [3.63, 3.8) is 0 Å². The number of rotatable bonds is 6. The number of hydrogen-bond donors (Lipinski definition) is 0. The molecular formula is C28H32N2OSi. The molecule has 4 heteroatoms. The Bertz CT molecular complexity index is 1050. The first kappa shape index (κ1) is 22.1. The van der Waals surface area contributed by atoms with Gasteiger partial charge in [-0.05, 0) is 34.8 Å². The predicted molar refractivity (Wildman–Crippen MR) is 135 cm³/mol. The molecule has 4 rings (SSSR count). The smallest absolute Gasteiger partial charge is 0.250 e. The Morgan fingerprint density at radius 2 is 1.09 bits per heavy atom. The Hall–Kier alpha value is -3.11. The summed E-state index contributed by atoms with van der Waals surface area (Å²) < 4.78 is 8.67. The van der Waals surface area contributed by atoms with E-state index < -0.39 is 13.9 Å². The van der Waals surface area contributed by atoms with Crippen LogP contribution in [-0.4, -0.2) is 18.1 Å². The maximum absolute atomic E-state index is 6.61. The zero-order valence-electron chi connectivity index (χ0n) is 19.6. The van der Waals surface area contributed by atoms with Crippen molar-refractivity contribution in [1.82, 2.24) is 9.78 Å². The van der Waals surface area contributed by atoms with Gasteiger partial charge in [0.15, 0.2) is 0 Å². The fraction of sp³-hybridized carbons (Fsp3) is 0.250. The van der Waals surface area contributed by atoms with Gasteiger partial charge in [-0.25, -0.2) is 4.68 Å². The highest BCUT2D eigenvalue weighted by atomic mass is 28.4. The van der Waals surface area contributed by atoms with E-state index in [1.54, 1.807) is 0 Å². The van der Waals surface area contributed by atoms with E-state index in [9.17, 15) is 0 Å². The lowest BCUT2D eigenvalue weighted by atomic mass is 9.77. The fourth-order valence-electron chi connectivity index (χ4n) is 3.93. The Morgan fingerprint density at radius 3 is 1.47 bits per heavy atom. The van der Waals surface area contributed by atoms with Crippen LogP contribution in [0.3, 0.4) is 0 Å². The molecule has 0 spiro atoms. The summed E-state index contributed by atoms with van der Waals surface area (Å²) in [4.78, 5) is 0. The van der Waals surface area contributed by atoms with Crippen molar-refractivity contribution in [2.45, 2.75) is 44.4 Å². The second-order valence-corrected chi connectivity index (χ2v) is 14.5. The van der Waals surface area contributed by atoms with Crippen molar-refractivity contribution in [2.24, 2.45) is 0 Å². The molecule has 0 amide bonds. The third-order valence-electron chi connectivity index (χ3n) is 6.66. The average molecular weight is 441 g/mol. The summed E-state index contributed by atoms with van der Waals surface area (Å²) in [5, 5.41) is 5.01. The van der Waals surface area contributed by atoms with Crippen LogP contribution in [0.25, 0.3) is 0 Å². The second kappa shape index (κ2) is 8.44. The van der Waals surface area contributed by atoms with Crippen molar-refractivity contribution < 1.29 is 4.43 Å². The molecular weight excluding hydrogens is 408 g/mol. The van der Waals surface area contributed by atoms with Crippen LogP contribution in [0.2, 0.25) is 18.1 Å². The molecule has 0 N–H and O–H groups in total. The quantitative estimate of drug-likeness (QED) is 0.236. The zero-order chi connectivity index (χ0) is 22.8. The van der Waals surface area contributed by atoms with Crippen LogP contribution in [0.5, 0.6) is 5.75 Å². The summed E-state index contributed by atoms with van der Waals surface area (Å²) in [6, 6.07) is 31.8. The highest BCUT2D eigenvalue weighted by molar-refractivity contribution is 6.74. The van der Waals surface area contributed by atoms with Gasteiger partial charge in [-0.2, -0.15) is 5.10 Å². The van der Waals surface area contributed by atoms with Gasteiger partial charge in [-0.1, -0.05) is 112 Å². The van der Waals surface area contributed by atoms with Gasteiger partial charge in [0.2, 0.25) is 0 Å². The average Bonchev–Trinajstić information content (AvgIpc) is 3.24. The molecule has 0 bridgehead atoms. The summed E-state index contributed by atoms with van der Waals surface area (Å²) >= 11 is 0. The van der Waals surface area contributed by atoms with Gasteiger partial charge < -0.3 is 4.43 Å². The summed E-state index contributed by atoms with van der Waals surface area (Å²) in [6.07, 6.45) is 3.93. The molecule has 164 valence electrons. The topological polar surface area (TPSA) is 27.1 Å². The Morgan fingerprint density at radius 1 is 0.688 bits per heavy atom. The lowest BCUT2D eigenvalue weighted by Gasteiger charge is -2.37. The van der Waals surface area contributed by atoms with Gasteiger partial charge in [0.1, 0.15) is 11.3 Å². The van der Waals surface area contributed by atoms with E-state index >= 15 is 0 Å². The van der Waals surface area contributed by atoms with E-state index in [2.05, 4.69) is 136 Å². The van der Waals surface area contributed by atoms with Crippen LogP contribution >= 0.6 is 0 Å². The molecule has 0 unspecified atom stereocenters. The molecule has 32 heavy (non-hydrogen) atoms. The molecule has 0 fully saturated rings. The van der Waals surface area contributed by atoms with Crippen LogP contribution in [0.4, 0.5) is 0 Å². The monoisotopic (exact) mass is 440 g/mol. The van der Waals surface area contributed by atoms with Gasteiger partial charge in [0, 0.05) is 0 Å². The lowest BCUT2D eigenvalue weighted by molar-refractivity contribution is 0.454. The lowest BCUT2D eigenvalue weighted by Crippen LogP contribution is -2.43. The van der Waals surface area contributed by atoms with Crippen molar-refractivity contribution in [2.75, 3.05) is 0 Å². The van der Waals surface area contributed by atoms with Gasteiger partial charge in [0.25, 0.3) is 8.32 Å². The minimum Gasteiger partial charge on any atom is -0.541 e. The zero-order valence-corrected chi connectivity index (χ0v) is 20.6. The summed E-state index contributed by atoms with van der Waals surface area (Å²) in [6.45, 7) is 11.3. The molecule has 0 saturated carbocycles. The summed E-state index contributed by atoms with van der Waals surface area (Å²) in [5.41, 5.74) is 2.84. The third-order valence-corrected chi connectivity index (χ3v) is 11.0. The third kappa shape index (κ3) is 3.91. The Kier molecular flexibility index (Phi) is 5.82. The van der Waals surface area contributed by atoms with E-state index in [0.717, 1.165) is 22.4 Å².